The van der Waals surface area contributed by atoms with Gasteiger partial charge in [-0.15, -0.1) is 0 Å². The Morgan fingerprint density at radius 2 is 2.19 bits per heavy atom. The molecule has 0 amide bonds. The Hall–Kier alpha value is -0.760. The predicted molar refractivity (Wildman–Crippen MR) is 64.1 cm³/mol. The number of aryl methyl sites for hydroxylation is 1. The van der Waals surface area contributed by atoms with E-state index in [1.165, 1.54) is 25.7 Å². The van der Waals surface area contributed by atoms with Crippen molar-refractivity contribution in [3.8, 4) is 0 Å². The second-order valence-electron chi connectivity index (χ2n) is 5.03. The van der Waals surface area contributed by atoms with Crippen molar-refractivity contribution in [2.45, 2.75) is 52.1 Å². The van der Waals surface area contributed by atoms with Crippen LogP contribution in [-0.2, 0) is 0 Å². The van der Waals surface area contributed by atoms with Crippen LogP contribution in [0.15, 0.2) is 16.7 Å². The van der Waals surface area contributed by atoms with Crippen LogP contribution in [0.25, 0.3) is 0 Å². The van der Waals surface area contributed by atoms with E-state index >= 15 is 0 Å². The molecular weight excluding hydrogens is 200 g/mol. The molecule has 3 unspecified atom stereocenters. The Morgan fingerprint density at radius 3 is 2.81 bits per heavy atom. The molecule has 16 heavy (non-hydrogen) atoms. The SMILES string of the molecule is CCC1CCCCC1C(O)c1occc1C. The number of aliphatic hydroxyl groups is 1. The van der Waals surface area contributed by atoms with Gasteiger partial charge in [0.2, 0.25) is 0 Å². The van der Waals surface area contributed by atoms with Crippen LogP contribution in [0.3, 0.4) is 0 Å². The van der Waals surface area contributed by atoms with Gasteiger partial charge in [0, 0.05) is 0 Å². The van der Waals surface area contributed by atoms with Crippen LogP contribution in [0.4, 0.5) is 0 Å². The molecule has 1 aliphatic rings. The summed E-state index contributed by atoms with van der Waals surface area (Å²) in [4.78, 5) is 0. The Morgan fingerprint density at radius 1 is 1.44 bits per heavy atom. The molecule has 1 aromatic rings. The van der Waals surface area contributed by atoms with Gasteiger partial charge >= 0.3 is 0 Å². The Kier molecular flexibility index (Phi) is 3.70. The minimum absolute atomic E-state index is 0.392. The maximum Gasteiger partial charge on any atom is 0.135 e. The maximum absolute atomic E-state index is 10.4. The number of furan rings is 1. The van der Waals surface area contributed by atoms with Crippen LogP contribution in [0.5, 0.6) is 0 Å². The first-order valence-corrected chi connectivity index (χ1v) is 6.46. The quantitative estimate of drug-likeness (QED) is 0.843. The molecule has 2 rings (SSSR count). The van der Waals surface area contributed by atoms with Crippen LogP contribution in [0.1, 0.15) is 56.5 Å². The van der Waals surface area contributed by atoms with Crippen molar-refractivity contribution in [2.75, 3.05) is 0 Å². The van der Waals surface area contributed by atoms with Gasteiger partial charge in [-0.2, -0.15) is 0 Å². The fraction of sp³-hybridized carbons (Fsp3) is 0.714. The van der Waals surface area contributed by atoms with Crippen molar-refractivity contribution in [1.29, 1.82) is 0 Å². The molecular formula is C14H22O2. The first kappa shape index (κ1) is 11.7. The molecule has 3 atom stereocenters. The van der Waals surface area contributed by atoms with E-state index in [1.807, 2.05) is 13.0 Å². The lowest BCUT2D eigenvalue weighted by atomic mass is 9.74. The van der Waals surface area contributed by atoms with Crippen LogP contribution < -0.4 is 0 Å². The number of rotatable bonds is 3. The second kappa shape index (κ2) is 5.05. The van der Waals surface area contributed by atoms with Crippen molar-refractivity contribution in [3.63, 3.8) is 0 Å². The van der Waals surface area contributed by atoms with Gasteiger partial charge < -0.3 is 9.52 Å². The molecule has 0 radical (unpaired) electrons. The van der Waals surface area contributed by atoms with E-state index in [9.17, 15) is 5.11 Å². The lowest BCUT2D eigenvalue weighted by molar-refractivity contribution is 0.0293. The summed E-state index contributed by atoms with van der Waals surface area (Å²) in [5.41, 5.74) is 1.08. The summed E-state index contributed by atoms with van der Waals surface area (Å²) in [7, 11) is 0. The molecule has 1 saturated carbocycles. The van der Waals surface area contributed by atoms with Gasteiger partial charge in [-0.3, -0.25) is 0 Å². The molecule has 0 spiro atoms. The van der Waals surface area contributed by atoms with E-state index in [-0.39, 0.29) is 0 Å². The summed E-state index contributed by atoms with van der Waals surface area (Å²) >= 11 is 0. The van der Waals surface area contributed by atoms with E-state index in [2.05, 4.69) is 6.92 Å². The number of aliphatic hydroxyl groups excluding tert-OH is 1. The Bertz CT molecular complexity index is 329. The fourth-order valence-electron chi connectivity index (χ4n) is 3.04. The largest absolute Gasteiger partial charge is 0.466 e. The van der Waals surface area contributed by atoms with Gasteiger partial charge in [-0.05, 0) is 36.8 Å². The van der Waals surface area contributed by atoms with Crippen molar-refractivity contribution in [2.24, 2.45) is 11.8 Å². The molecule has 1 N–H and O–H groups in total. The summed E-state index contributed by atoms with van der Waals surface area (Å²) in [6.45, 7) is 4.23. The fourth-order valence-corrected chi connectivity index (χ4v) is 3.04. The zero-order valence-electron chi connectivity index (χ0n) is 10.3. The molecule has 0 saturated heterocycles. The summed E-state index contributed by atoms with van der Waals surface area (Å²) < 4.78 is 5.42. The number of hydrogen-bond acceptors (Lipinski definition) is 2. The monoisotopic (exact) mass is 222 g/mol. The third-order valence-electron chi connectivity index (χ3n) is 4.07. The molecule has 0 aromatic carbocycles. The average Bonchev–Trinajstić information content (AvgIpc) is 2.74. The van der Waals surface area contributed by atoms with Crippen molar-refractivity contribution < 1.29 is 9.52 Å². The summed E-state index contributed by atoms with van der Waals surface area (Å²) in [6.07, 6.45) is 7.41. The van der Waals surface area contributed by atoms with Crippen LogP contribution in [0.2, 0.25) is 0 Å². The third kappa shape index (κ3) is 2.17. The van der Waals surface area contributed by atoms with E-state index in [0.717, 1.165) is 17.7 Å². The van der Waals surface area contributed by atoms with Crippen LogP contribution in [-0.4, -0.2) is 5.11 Å². The molecule has 1 aromatic heterocycles. The summed E-state index contributed by atoms with van der Waals surface area (Å²) in [5, 5.41) is 10.4. The Labute approximate surface area is 97.7 Å². The zero-order valence-corrected chi connectivity index (χ0v) is 10.3. The van der Waals surface area contributed by atoms with Gasteiger partial charge in [0.15, 0.2) is 0 Å². The van der Waals surface area contributed by atoms with E-state index in [4.69, 9.17) is 4.42 Å². The smallest absolute Gasteiger partial charge is 0.135 e. The van der Waals surface area contributed by atoms with E-state index < -0.39 is 6.10 Å². The summed E-state index contributed by atoms with van der Waals surface area (Å²) in [5.74, 6) is 1.84. The number of hydrogen-bond donors (Lipinski definition) is 1. The molecule has 0 aliphatic heterocycles. The molecule has 2 heteroatoms. The van der Waals surface area contributed by atoms with Gasteiger partial charge in [-0.25, -0.2) is 0 Å². The highest BCUT2D eigenvalue weighted by atomic mass is 16.4. The lowest BCUT2D eigenvalue weighted by Crippen LogP contribution is -2.25. The lowest BCUT2D eigenvalue weighted by Gasteiger charge is -2.33. The Balaban J connectivity index is 2.13. The first-order chi connectivity index (χ1) is 7.74. The van der Waals surface area contributed by atoms with E-state index in [0.29, 0.717) is 11.8 Å². The standard InChI is InChI=1S/C14H22O2/c1-3-11-6-4-5-7-12(11)13(15)14-10(2)8-9-16-14/h8-9,11-13,15H,3-7H2,1-2H3. The minimum atomic E-state index is -0.403. The van der Waals surface area contributed by atoms with Crippen molar-refractivity contribution in [1.82, 2.24) is 0 Å². The zero-order chi connectivity index (χ0) is 11.5. The molecule has 1 aliphatic carbocycles. The van der Waals surface area contributed by atoms with Crippen molar-refractivity contribution in [3.05, 3.63) is 23.7 Å². The average molecular weight is 222 g/mol. The highest BCUT2D eigenvalue weighted by Gasteiger charge is 2.32. The van der Waals surface area contributed by atoms with Gasteiger partial charge in [0.1, 0.15) is 11.9 Å². The third-order valence-corrected chi connectivity index (χ3v) is 4.07. The molecule has 90 valence electrons. The van der Waals surface area contributed by atoms with Crippen LogP contribution >= 0.6 is 0 Å². The van der Waals surface area contributed by atoms with E-state index in [1.54, 1.807) is 6.26 Å². The normalized spacial score (nSPS) is 27.9. The highest BCUT2D eigenvalue weighted by Crippen LogP contribution is 2.40. The van der Waals surface area contributed by atoms with Crippen LogP contribution in [0, 0.1) is 18.8 Å². The molecule has 0 bridgehead atoms. The summed E-state index contributed by atoms with van der Waals surface area (Å²) in [6, 6.07) is 1.93. The van der Waals surface area contributed by atoms with Gasteiger partial charge in [0.05, 0.1) is 6.26 Å². The first-order valence-electron chi connectivity index (χ1n) is 6.46. The minimum Gasteiger partial charge on any atom is -0.466 e. The molecule has 2 nitrogen and oxygen atoms in total. The molecule has 1 fully saturated rings. The van der Waals surface area contributed by atoms with Crippen molar-refractivity contribution >= 4 is 0 Å². The van der Waals surface area contributed by atoms with Gasteiger partial charge in [0.25, 0.3) is 0 Å². The maximum atomic E-state index is 10.4. The second-order valence-corrected chi connectivity index (χ2v) is 5.03. The topological polar surface area (TPSA) is 33.4 Å². The van der Waals surface area contributed by atoms with Gasteiger partial charge in [-0.1, -0.05) is 32.6 Å². The predicted octanol–water partition coefficient (Wildman–Crippen LogP) is 3.84. The molecule has 1 heterocycles. The highest BCUT2D eigenvalue weighted by molar-refractivity contribution is 5.17.